The first-order valence-electron chi connectivity index (χ1n) is 5.51. The monoisotopic (exact) mass is 239 g/mol. The number of amides is 1. The van der Waals surface area contributed by atoms with E-state index in [4.69, 9.17) is 0 Å². The van der Waals surface area contributed by atoms with Gasteiger partial charge in [-0.2, -0.15) is 0 Å². The summed E-state index contributed by atoms with van der Waals surface area (Å²) in [5.74, 6) is -0.0262. The van der Waals surface area contributed by atoms with E-state index in [2.05, 4.69) is 15.0 Å². The highest BCUT2D eigenvalue weighted by atomic mass is 16.5. The minimum atomic E-state index is -0.0262. The van der Waals surface area contributed by atoms with Gasteiger partial charge < -0.3 is 14.6 Å². The maximum absolute atomic E-state index is 11.3. The first-order valence-corrected chi connectivity index (χ1v) is 5.51. The van der Waals surface area contributed by atoms with Crippen molar-refractivity contribution in [2.75, 3.05) is 13.2 Å². The first kappa shape index (κ1) is 13.2. The lowest BCUT2D eigenvalue weighted by Gasteiger charge is -2.05. The van der Waals surface area contributed by atoms with Gasteiger partial charge in [-0.15, -0.1) is 0 Å². The molecule has 0 fully saturated rings. The van der Waals surface area contributed by atoms with Crippen LogP contribution in [0.25, 0.3) is 0 Å². The Balaban J connectivity index is 2.08. The van der Waals surface area contributed by atoms with Crippen molar-refractivity contribution in [1.82, 2.24) is 14.9 Å². The van der Waals surface area contributed by atoms with Crippen molar-refractivity contribution >= 4 is 12.4 Å². The van der Waals surface area contributed by atoms with Crippen LogP contribution in [0, 0.1) is 0 Å². The van der Waals surface area contributed by atoms with E-state index in [1.807, 2.05) is 11.6 Å². The quantitative estimate of drug-likeness (QED) is 0.513. The molecule has 1 rings (SSSR count). The maximum atomic E-state index is 11.3. The molecule has 1 amide bonds. The van der Waals surface area contributed by atoms with Gasteiger partial charge in [-0.25, -0.2) is 4.98 Å². The number of aromatic nitrogens is 2. The van der Waals surface area contributed by atoms with E-state index >= 15 is 0 Å². The molecule has 0 saturated carbocycles. The average Bonchev–Trinajstić information content (AvgIpc) is 2.71. The Morgan fingerprint density at radius 3 is 3.12 bits per heavy atom. The molecule has 0 aromatic carbocycles. The number of nitrogens with zero attached hydrogens (tertiary/aromatic N) is 2. The van der Waals surface area contributed by atoms with Crippen LogP contribution in [0.3, 0.4) is 0 Å². The summed E-state index contributed by atoms with van der Waals surface area (Å²) in [6, 6.07) is 0. The number of carbonyl (C=O) groups is 2. The summed E-state index contributed by atoms with van der Waals surface area (Å²) in [5, 5.41) is 2.80. The van der Waals surface area contributed by atoms with Crippen LogP contribution in [0.1, 0.15) is 18.5 Å². The lowest BCUT2D eigenvalue weighted by Crippen LogP contribution is -2.26. The standard InChI is InChI=1S/C11H17N3O3/c1-14-8-12-7-10(14)4-5-13-11(16)3-2-6-17-9-15/h7-9H,2-6H2,1H3,(H,13,16). The minimum absolute atomic E-state index is 0.0262. The van der Waals surface area contributed by atoms with Crippen molar-refractivity contribution in [1.29, 1.82) is 0 Å². The summed E-state index contributed by atoms with van der Waals surface area (Å²) >= 11 is 0. The maximum Gasteiger partial charge on any atom is 0.293 e. The normalized spacial score (nSPS) is 9.94. The van der Waals surface area contributed by atoms with Crippen molar-refractivity contribution in [3.63, 3.8) is 0 Å². The molecular formula is C11H17N3O3. The Kier molecular flexibility index (Phi) is 5.77. The summed E-state index contributed by atoms with van der Waals surface area (Å²) in [6.07, 6.45) is 5.20. The molecule has 0 aliphatic heterocycles. The van der Waals surface area contributed by atoms with Gasteiger partial charge in [0.15, 0.2) is 0 Å². The second-order valence-corrected chi connectivity index (χ2v) is 3.67. The van der Waals surface area contributed by atoms with Crippen LogP contribution in [0.4, 0.5) is 0 Å². The van der Waals surface area contributed by atoms with E-state index < -0.39 is 0 Å². The van der Waals surface area contributed by atoms with Crippen molar-refractivity contribution in [2.24, 2.45) is 7.05 Å². The Bertz CT molecular complexity index is 363. The molecule has 0 unspecified atom stereocenters. The highest BCUT2D eigenvalue weighted by Gasteiger charge is 2.02. The lowest BCUT2D eigenvalue weighted by molar-refractivity contribution is -0.130. The second kappa shape index (κ2) is 7.43. The zero-order valence-corrected chi connectivity index (χ0v) is 9.89. The van der Waals surface area contributed by atoms with Crippen LogP contribution in [0.2, 0.25) is 0 Å². The number of aryl methyl sites for hydroxylation is 1. The second-order valence-electron chi connectivity index (χ2n) is 3.67. The SMILES string of the molecule is Cn1cncc1CCNC(=O)CCCOC=O. The average molecular weight is 239 g/mol. The number of imidazole rings is 1. The Morgan fingerprint density at radius 2 is 2.47 bits per heavy atom. The molecule has 0 radical (unpaired) electrons. The van der Waals surface area contributed by atoms with Crippen molar-refractivity contribution < 1.29 is 14.3 Å². The van der Waals surface area contributed by atoms with Gasteiger partial charge in [-0.1, -0.05) is 0 Å². The number of rotatable bonds is 8. The van der Waals surface area contributed by atoms with Crippen molar-refractivity contribution in [3.8, 4) is 0 Å². The lowest BCUT2D eigenvalue weighted by atomic mass is 10.3. The molecule has 1 aromatic rings. The topological polar surface area (TPSA) is 73.2 Å². The van der Waals surface area contributed by atoms with Crippen LogP contribution in [0.5, 0.6) is 0 Å². The smallest absolute Gasteiger partial charge is 0.293 e. The Labute approximate surface area is 100.0 Å². The number of hydrogen-bond donors (Lipinski definition) is 1. The molecule has 0 bridgehead atoms. The van der Waals surface area contributed by atoms with Crippen LogP contribution in [-0.2, 0) is 27.8 Å². The van der Waals surface area contributed by atoms with Gasteiger partial charge in [0, 0.05) is 38.3 Å². The number of hydrogen-bond acceptors (Lipinski definition) is 4. The first-order chi connectivity index (χ1) is 8.24. The third-order valence-electron chi connectivity index (χ3n) is 2.35. The van der Waals surface area contributed by atoms with Crippen LogP contribution in [0.15, 0.2) is 12.5 Å². The predicted octanol–water partition coefficient (Wildman–Crippen LogP) is 0.0320. The van der Waals surface area contributed by atoms with Crippen LogP contribution in [-0.4, -0.2) is 35.1 Å². The molecular weight excluding hydrogens is 222 g/mol. The van der Waals surface area contributed by atoms with Gasteiger partial charge in [0.05, 0.1) is 12.9 Å². The van der Waals surface area contributed by atoms with Gasteiger partial charge in [0.1, 0.15) is 0 Å². The zero-order chi connectivity index (χ0) is 12.5. The predicted molar refractivity (Wildman–Crippen MR) is 61.2 cm³/mol. The fourth-order valence-corrected chi connectivity index (χ4v) is 1.41. The largest absolute Gasteiger partial charge is 0.468 e. The molecule has 6 nitrogen and oxygen atoms in total. The van der Waals surface area contributed by atoms with E-state index in [9.17, 15) is 9.59 Å². The number of nitrogens with one attached hydrogen (secondary N) is 1. The van der Waals surface area contributed by atoms with E-state index in [0.717, 1.165) is 12.1 Å². The van der Waals surface area contributed by atoms with E-state index in [1.165, 1.54) is 0 Å². The summed E-state index contributed by atoms with van der Waals surface area (Å²) in [7, 11) is 1.92. The molecule has 0 spiro atoms. The Hall–Kier alpha value is -1.85. The van der Waals surface area contributed by atoms with Gasteiger partial charge in [-0.05, 0) is 6.42 Å². The van der Waals surface area contributed by atoms with Crippen LogP contribution >= 0.6 is 0 Å². The minimum Gasteiger partial charge on any atom is -0.468 e. The Morgan fingerprint density at radius 1 is 1.65 bits per heavy atom. The third kappa shape index (κ3) is 5.14. The van der Waals surface area contributed by atoms with Gasteiger partial charge in [-0.3, -0.25) is 9.59 Å². The van der Waals surface area contributed by atoms with Crippen molar-refractivity contribution in [2.45, 2.75) is 19.3 Å². The fraction of sp³-hybridized carbons (Fsp3) is 0.545. The molecule has 17 heavy (non-hydrogen) atoms. The molecule has 1 aromatic heterocycles. The molecule has 1 heterocycles. The number of carbonyl (C=O) groups excluding carboxylic acids is 2. The molecule has 0 aliphatic rings. The van der Waals surface area contributed by atoms with Crippen LogP contribution < -0.4 is 5.32 Å². The van der Waals surface area contributed by atoms with E-state index in [0.29, 0.717) is 32.5 Å². The van der Waals surface area contributed by atoms with Crippen molar-refractivity contribution in [3.05, 3.63) is 18.2 Å². The van der Waals surface area contributed by atoms with Gasteiger partial charge >= 0.3 is 0 Å². The molecule has 6 heteroatoms. The summed E-state index contributed by atoms with van der Waals surface area (Å²) in [4.78, 5) is 25.2. The highest BCUT2D eigenvalue weighted by Crippen LogP contribution is 1.96. The molecule has 0 aliphatic carbocycles. The fourth-order valence-electron chi connectivity index (χ4n) is 1.41. The van der Waals surface area contributed by atoms with Gasteiger partial charge in [0.2, 0.25) is 5.91 Å². The van der Waals surface area contributed by atoms with E-state index in [1.54, 1.807) is 12.5 Å². The molecule has 1 N–H and O–H groups in total. The molecule has 0 atom stereocenters. The number of ether oxygens (including phenoxy) is 1. The summed E-state index contributed by atoms with van der Waals surface area (Å²) in [6.45, 7) is 1.27. The van der Waals surface area contributed by atoms with Gasteiger partial charge in [0.25, 0.3) is 6.47 Å². The van der Waals surface area contributed by atoms with E-state index in [-0.39, 0.29) is 5.91 Å². The molecule has 94 valence electrons. The molecule has 0 saturated heterocycles. The highest BCUT2D eigenvalue weighted by molar-refractivity contribution is 5.75. The summed E-state index contributed by atoms with van der Waals surface area (Å²) in [5.41, 5.74) is 1.08. The zero-order valence-electron chi connectivity index (χ0n) is 9.89. The summed E-state index contributed by atoms with van der Waals surface area (Å²) < 4.78 is 6.41. The third-order valence-corrected chi connectivity index (χ3v) is 2.35.